The normalized spacial score (nSPS) is 23.6. The third-order valence-corrected chi connectivity index (χ3v) is 5.81. The maximum absolute atomic E-state index is 13.1. The average molecular weight is 366 g/mol. The van der Waals surface area contributed by atoms with Crippen LogP contribution in [0.1, 0.15) is 30.5 Å². The van der Waals surface area contributed by atoms with Crippen molar-refractivity contribution in [1.29, 1.82) is 0 Å². The van der Waals surface area contributed by atoms with Gasteiger partial charge in [-0.2, -0.15) is 0 Å². The molecule has 0 amide bonds. The van der Waals surface area contributed by atoms with Gasteiger partial charge < -0.3 is 4.74 Å². The van der Waals surface area contributed by atoms with Gasteiger partial charge in [-0.25, -0.2) is 9.38 Å². The van der Waals surface area contributed by atoms with Crippen LogP contribution in [-0.4, -0.2) is 10.3 Å². The van der Waals surface area contributed by atoms with Crippen molar-refractivity contribution in [3.05, 3.63) is 85.2 Å². The number of para-hydroxylation sites is 1. The molecule has 5 rings (SSSR count). The van der Waals surface area contributed by atoms with E-state index < -0.39 is 5.72 Å². The molecule has 2 atom stereocenters. The molecule has 6 heteroatoms. The number of hydrogen-bond donors (Lipinski definition) is 0. The predicted octanol–water partition coefficient (Wildman–Crippen LogP) is 2.60. The average Bonchev–Trinajstić information content (AvgIpc) is 2.91. The van der Waals surface area contributed by atoms with Crippen LogP contribution in [0, 0.1) is 5.82 Å². The largest absolute Gasteiger partial charge is 0.466 e. The zero-order valence-corrected chi connectivity index (χ0v) is 14.8. The molecule has 1 aromatic heterocycles. The summed E-state index contributed by atoms with van der Waals surface area (Å²) in [5.74, 6) is 0.484. The van der Waals surface area contributed by atoms with Gasteiger partial charge in [-0.15, -0.1) is 0 Å². The van der Waals surface area contributed by atoms with Crippen molar-refractivity contribution in [3.8, 4) is 5.75 Å². The van der Waals surface area contributed by atoms with Crippen LogP contribution in [-0.2, 0) is 0 Å². The highest BCUT2D eigenvalue weighted by molar-refractivity contribution is 7.07. The van der Waals surface area contributed by atoms with Crippen LogP contribution in [0.15, 0.2) is 58.3 Å². The summed E-state index contributed by atoms with van der Waals surface area (Å²) in [7, 11) is 0. The van der Waals surface area contributed by atoms with E-state index in [2.05, 4.69) is 0 Å². The molecule has 3 heterocycles. The smallest absolute Gasteiger partial charge is 0.270 e. The van der Waals surface area contributed by atoms with Crippen LogP contribution in [0.25, 0.3) is 6.08 Å². The second-order valence-electron chi connectivity index (χ2n) is 6.77. The fraction of sp³-hybridized carbons (Fsp3) is 0.200. The third kappa shape index (κ3) is 2.33. The Morgan fingerprint density at radius 1 is 1.27 bits per heavy atom. The molecule has 130 valence electrons. The molecule has 0 radical (unpaired) electrons. The van der Waals surface area contributed by atoms with Gasteiger partial charge in [0.25, 0.3) is 5.56 Å². The van der Waals surface area contributed by atoms with E-state index in [1.807, 2.05) is 31.2 Å². The fourth-order valence-corrected chi connectivity index (χ4v) is 4.77. The number of thiazole rings is 1. The first-order valence-electron chi connectivity index (χ1n) is 8.39. The maximum Gasteiger partial charge on any atom is 0.270 e. The van der Waals surface area contributed by atoms with Crippen LogP contribution >= 0.6 is 11.3 Å². The van der Waals surface area contributed by atoms with Crippen molar-refractivity contribution >= 4 is 17.4 Å². The first-order chi connectivity index (χ1) is 12.5. The van der Waals surface area contributed by atoms with Crippen molar-refractivity contribution in [2.24, 2.45) is 4.99 Å². The van der Waals surface area contributed by atoms with Gasteiger partial charge in [-0.05, 0) is 36.8 Å². The Labute approximate surface area is 152 Å². The monoisotopic (exact) mass is 366 g/mol. The number of benzene rings is 2. The summed E-state index contributed by atoms with van der Waals surface area (Å²) in [4.78, 5) is 18.4. The molecule has 2 aliphatic rings. The lowest BCUT2D eigenvalue weighted by Gasteiger charge is -2.39. The zero-order valence-electron chi connectivity index (χ0n) is 14.0. The number of ether oxygens (including phenoxy) is 1. The number of rotatable bonds is 1. The van der Waals surface area contributed by atoms with Gasteiger partial charge in [-0.3, -0.25) is 9.36 Å². The van der Waals surface area contributed by atoms with Crippen LogP contribution < -0.4 is 19.6 Å². The number of fused-ring (bicyclic) bond motifs is 6. The zero-order chi connectivity index (χ0) is 17.9. The minimum atomic E-state index is -0.663. The molecule has 26 heavy (non-hydrogen) atoms. The number of halogens is 1. The van der Waals surface area contributed by atoms with E-state index in [0.29, 0.717) is 15.8 Å². The highest BCUT2D eigenvalue weighted by atomic mass is 32.1. The Morgan fingerprint density at radius 3 is 2.85 bits per heavy atom. The molecule has 2 aromatic carbocycles. The topological polar surface area (TPSA) is 43.6 Å². The molecule has 0 fully saturated rings. The molecule has 0 saturated heterocycles. The van der Waals surface area contributed by atoms with Crippen molar-refractivity contribution in [2.75, 3.05) is 0 Å². The molecular formula is C20H15FN2O2S. The fourth-order valence-electron chi connectivity index (χ4n) is 3.65. The summed E-state index contributed by atoms with van der Waals surface area (Å²) in [6, 6.07) is 13.8. The lowest BCUT2D eigenvalue weighted by atomic mass is 9.93. The molecule has 0 N–H and O–H groups in total. The summed E-state index contributed by atoms with van der Waals surface area (Å²) < 4.78 is 21.6. The standard InChI is InChI=1S/C20H15FN2O2S/c1-20-11-15(14-4-2-3-5-16(14)25-20)23-18(24)17(26-19(23)22-20)10-12-6-8-13(21)9-7-12/h2-10,15H,11H2,1H3/t15-,20-/m0/s1. The van der Waals surface area contributed by atoms with Gasteiger partial charge >= 0.3 is 0 Å². The van der Waals surface area contributed by atoms with Crippen LogP contribution in [0.3, 0.4) is 0 Å². The molecular weight excluding hydrogens is 351 g/mol. The number of hydrogen-bond acceptors (Lipinski definition) is 4. The Balaban J connectivity index is 1.74. The number of nitrogens with zero attached hydrogens (tertiary/aromatic N) is 2. The summed E-state index contributed by atoms with van der Waals surface area (Å²) in [6.07, 6.45) is 2.41. The molecule has 0 aliphatic carbocycles. The summed E-state index contributed by atoms with van der Waals surface area (Å²) >= 11 is 1.35. The lowest BCUT2D eigenvalue weighted by Crippen LogP contribution is -2.49. The lowest BCUT2D eigenvalue weighted by molar-refractivity contribution is 0.0410. The van der Waals surface area contributed by atoms with E-state index in [-0.39, 0.29) is 17.4 Å². The molecule has 2 aliphatic heterocycles. The maximum atomic E-state index is 13.1. The van der Waals surface area contributed by atoms with Crippen LogP contribution in [0.5, 0.6) is 5.75 Å². The quantitative estimate of drug-likeness (QED) is 0.664. The van der Waals surface area contributed by atoms with Gasteiger partial charge in [0.15, 0.2) is 4.80 Å². The first kappa shape index (κ1) is 15.5. The van der Waals surface area contributed by atoms with Crippen molar-refractivity contribution in [2.45, 2.75) is 25.1 Å². The molecule has 4 nitrogen and oxygen atoms in total. The Hall–Kier alpha value is -2.73. The second kappa shape index (κ2) is 5.38. The van der Waals surface area contributed by atoms with E-state index in [9.17, 15) is 9.18 Å². The highest BCUT2D eigenvalue weighted by Gasteiger charge is 2.42. The van der Waals surface area contributed by atoms with Crippen LogP contribution in [0.4, 0.5) is 4.39 Å². The summed E-state index contributed by atoms with van der Waals surface area (Å²) in [5, 5.41) is 0. The summed E-state index contributed by atoms with van der Waals surface area (Å²) in [5.41, 5.74) is 1.06. The van der Waals surface area contributed by atoms with Crippen molar-refractivity contribution < 1.29 is 9.13 Å². The molecule has 0 unspecified atom stereocenters. The van der Waals surface area contributed by atoms with E-state index >= 15 is 0 Å². The van der Waals surface area contributed by atoms with E-state index in [1.165, 1.54) is 23.5 Å². The SMILES string of the molecule is C[C@@]12C[C@@H](c3ccccc3O1)n1c(sc(=Cc3ccc(F)cc3)c1=O)=N2. The van der Waals surface area contributed by atoms with Crippen molar-refractivity contribution in [3.63, 3.8) is 0 Å². The number of aromatic nitrogens is 1. The van der Waals surface area contributed by atoms with Gasteiger partial charge in [0.2, 0.25) is 5.72 Å². The molecule has 2 bridgehead atoms. The Bertz CT molecular complexity index is 1200. The van der Waals surface area contributed by atoms with E-state index in [4.69, 9.17) is 9.73 Å². The molecule has 3 aromatic rings. The third-order valence-electron chi connectivity index (χ3n) is 4.83. The van der Waals surface area contributed by atoms with E-state index in [1.54, 1.807) is 22.8 Å². The van der Waals surface area contributed by atoms with Gasteiger partial charge in [0, 0.05) is 12.0 Å². The van der Waals surface area contributed by atoms with Gasteiger partial charge in [0.05, 0.1) is 10.6 Å². The second-order valence-corrected chi connectivity index (χ2v) is 7.78. The molecule has 0 spiro atoms. The van der Waals surface area contributed by atoms with Gasteiger partial charge in [-0.1, -0.05) is 41.7 Å². The predicted molar refractivity (Wildman–Crippen MR) is 97.6 cm³/mol. The van der Waals surface area contributed by atoms with Crippen molar-refractivity contribution in [1.82, 2.24) is 4.57 Å². The molecule has 0 saturated carbocycles. The van der Waals surface area contributed by atoms with E-state index in [0.717, 1.165) is 16.9 Å². The summed E-state index contributed by atoms with van der Waals surface area (Å²) in [6.45, 7) is 1.95. The minimum Gasteiger partial charge on any atom is -0.466 e. The van der Waals surface area contributed by atoms with Gasteiger partial charge in [0.1, 0.15) is 11.6 Å². The Kier molecular flexibility index (Phi) is 3.21. The highest BCUT2D eigenvalue weighted by Crippen LogP contribution is 2.42. The van der Waals surface area contributed by atoms with Crippen LogP contribution in [0.2, 0.25) is 0 Å². The first-order valence-corrected chi connectivity index (χ1v) is 9.21. The minimum absolute atomic E-state index is 0.0678. The Morgan fingerprint density at radius 2 is 2.04 bits per heavy atom.